The Morgan fingerprint density at radius 2 is 2.00 bits per heavy atom. The monoisotopic (exact) mass is 317 g/mol. The Bertz CT molecular complexity index is 798. The highest BCUT2D eigenvalue weighted by Crippen LogP contribution is 2.32. The molecule has 1 amide bonds. The number of rotatable bonds is 3. The molecule has 3 aromatic rings. The Morgan fingerprint density at radius 1 is 1.24 bits per heavy atom. The molecule has 0 bridgehead atoms. The number of hydrogen-bond donors (Lipinski definition) is 2. The summed E-state index contributed by atoms with van der Waals surface area (Å²) in [5.74, 6) is -0.137. The number of carbonyl (C=O) groups is 1. The molecule has 3 N–H and O–H groups in total. The van der Waals surface area contributed by atoms with Gasteiger partial charge < -0.3 is 11.1 Å². The van der Waals surface area contributed by atoms with Gasteiger partial charge in [0.05, 0.1) is 27.3 Å². The summed E-state index contributed by atoms with van der Waals surface area (Å²) in [6, 6.07) is 10.9. The van der Waals surface area contributed by atoms with Crippen molar-refractivity contribution in [1.29, 1.82) is 0 Å². The van der Waals surface area contributed by atoms with E-state index in [1.807, 2.05) is 18.2 Å². The number of nitrogens with zero attached hydrogens (tertiary/aromatic N) is 1. The fourth-order valence-corrected chi connectivity index (χ4v) is 2.91. The van der Waals surface area contributed by atoms with E-state index in [0.29, 0.717) is 16.4 Å². The molecule has 0 aliphatic rings. The second-order valence-corrected chi connectivity index (χ2v) is 5.88. The van der Waals surface area contributed by atoms with Crippen molar-refractivity contribution in [2.45, 2.75) is 6.42 Å². The SMILES string of the molecule is Nc1ccc(CC(=O)Nc2c(Cl)ccc3scnc23)cc1. The Labute approximate surface area is 130 Å². The molecule has 2 aromatic carbocycles. The van der Waals surface area contributed by atoms with E-state index in [9.17, 15) is 4.79 Å². The summed E-state index contributed by atoms with van der Waals surface area (Å²) in [7, 11) is 0. The molecule has 6 heteroatoms. The van der Waals surface area contributed by atoms with Gasteiger partial charge in [0.25, 0.3) is 0 Å². The lowest BCUT2D eigenvalue weighted by atomic mass is 10.1. The van der Waals surface area contributed by atoms with Gasteiger partial charge in [0.15, 0.2) is 0 Å². The predicted octanol–water partition coefficient (Wildman–Crippen LogP) is 3.71. The number of aromatic nitrogens is 1. The Morgan fingerprint density at radius 3 is 2.76 bits per heavy atom. The van der Waals surface area contributed by atoms with Crippen LogP contribution in [0.15, 0.2) is 41.9 Å². The maximum atomic E-state index is 12.2. The lowest BCUT2D eigenvalue weighted by Gasteiger charge is -2.08. The number of thiazole rings is 1. The van der Waals surface area contributed by atoms with Crippen molar-refractivity contribution in [2.75, 3.05) is 11.1 Å². The summed E-state index contributed by atoms with van der Waals surface area (Å²) in [6.45, 7) is 0. The minimum atomic E-state index is -0.137. The number of halogens is 1. The molecule has 0 spiro atoms. The minimum absolute atomic E-state index is 0.137. The third-order valence-corrected chi connectivity index (χ3v) is 4.17. The average Bonchev–Trinajstić information content (AvgIpc) is 2.93. The van der Waals surface area contributed by atoms with Gasteiger partial charge in [-0.15, -0.1) is 11.3 Å². The summed E-state index contributed by atoms with van der Waals surface area (Å²) in [5.41, 5.74) is 10.2. The number of nitrogen functional groups attached to an aromatic ring is 1. The Balaban J connectivity index is 1.81. The van der Waals surface area contributed by atoms with Crippen LogP contribution in [0.1, 0.15) is 5.56 Å². The van der Waals surface area contributed by atoms with Crippen molar-refractivity contribution >= 4 is 50.4 Å². The third-order valence-electron chi connectivity index (χ3n) is 3.06. The number of fused-ring (bicyclic) bond motifs is 1. The highest BCUT2D eigenvalue weighted by atomic mass is 35.5. The zero-order valence-electron chi connectivity index (χ0n) is 11.0. The molecule has 0 saturated carbocycles. The molecule has 3 rings (SSSR count). The molecule has 0 radical (unpaired) electrons. The lowest BCUT2D eigenvalue weighted by molar-refractivity contribution is -0.115. The van der Waals surface area contributed by atoms with Crippen LogP contribution in [0.25, 0.3) is 10.2 Å². The van der Waals surface area contributed by atoms with Crippen LogP contribution < -0.4 is 11.1 Å². The number of benzene rings is 2. The van der Waals surface area contributed by atoms with Crippen molar-refractivity contribution in [3.8, 4) is 0 Å². The van der Waals surface area contributed by atoms with Crippen LogP contribution in [0.5, 0.6) is 0 Å². The van der Waals surface area contributed by atoms with Crippen molar-refractivity contribution in [2.24, 2.45) is 0 Å². The van der Waals surface area contributed by atoms with E-state index in [1.54, 1.807) is 23.7 Å². The smallest absolute Gasteiger partial charge is 0.228 e. The van der Waals surface area contributed by atoms with Crippen LogP contribution in [-0.4, -0.2) is 10.9 Å². The van der Waals surface area contributed by atoms with Crippen LogP contribution in [0.2, 0.25) is 5.02 Å². The summed E-state index contributed by atoms with van der Waals surface area (Å²) in [5, 5.41) is 3.33. The van der Waals surface area contributed by atoms with Crippen LogP contribution in [0, 0.1) is 0 Å². The number of carbonyl (C=O) groups excluding carboxylic acids is 1. The molecule has 4 nitrogen and oxygen atoms in total. The van der Waals surface area contributed by atoms with Gasteiger partial charge in [-0.2, -0.15) is 0 Å². The van der Waals surface area contributed by atoms with Gasteiger partial charge in [0.1, 0.15) is 5.52 Å². The summed E-state index contributed by atoms with van der Waals surface area (Å²) in [6.07, 6.45) is 0.261. The van der Waals surface area contributed by atoms with Gasteiger partial charge in [-0.3, -0.25) is 4.79 Å². The van der Waals surface area contributed by atoms with Gasteiger partial charge in [-0.25, -0.2) is 4.98 Å². The van der Waals surface area contributed by atoms with E-state index < -0.39 is 0 Å². The molecule has 1 aromatic heterocycles. The number of amides is 1. The number of nitrogens with two attached hydrogens (primary N) is 1. The average molecular weight is 318 g/mol. The van der Waals surface area contributed by atoms with Crippen LogP contribution in [0.3, 0.4) is 0 Å². The number of nitrogens with one attached hydrogen (secondary N) is 1. The van der Waals surface area contributed by atoms with Crippen molar-refractivity contribution in [3.05, 3.63) is 52.5 Å². The first-order chi connectivity index (χ1) is 10.1. The summed E-state index contributed by atoms with van der Waals surface area (Å²) < 4.78 is 0.988. The van der Waals surface area contributed by atoms with Crippen molar-refractivity contribution < 1.29 is 4.79 Å². The summed E-state index contributed by atoms with van der Waals surface area (Å²) in [4.78, 5) is 16.4. The number of hydrogen-bond acceptors (Lipinski definition) is 4. The van der Waals surface area contributed by atoms with E-state index in [0.717, 1.165) is 15.8 Å². The van der Waals surface area contributed by atoms with Gasteiger partial charge >= 0.3 is 0 Å². The highest BCUT2D eigenvalue weighted by Gasteiger charge is 2.12. The van der Waals surface area contributed by atoms with E-state index in [1.165, 1.54) is 11.3 Å². The zero-order valence-corrected chi connectivity index (χ0v) is 12.5. The highest BCUT2D eigenvalue weighted by molar-refractivity contribution is 7.16. The van der Waals surface area contributed by atoms with Gasteiger partial charge in [-0.05, 0) is 29.8 Å². The van der Waals surface area contributed by atoms with E-state index in [-0.39, 0.29) is 12.3 Å². The molecule has 0 aliphatic carbocycles. The molecular weight excluding hydrogens is 306 g/mol. The molecule has 0 unspecified atom stereocenters. The van der Waals surface area contributed by atoms with Gasteiger partial charge in [0.2, 0.25) is 5.91 Å². The van der Waals surface area contributed by atoms with Gasteiger partial charge in [0, 0.05) is 5.69 Å². The maximum absolute atomic E-state index is 12.2. The first-order valence-electron chi connectivity index (χ1n) is 6.29. The zero-order chi connectivity index (χ0) is 14.8. The standard InChI is InChI=1S/C15H12ClN3OS/c16-11-5-6-12-15(18-8-21-12)14(11)19-13(20)7-9-1-3-10(17)4-2-9/h1-6,8H,7,17H2,(H,19,20). The van der Waals surface area contributed by atoms with Crippen LogP contribution >= 0.6 is 22.9 Å². The summed E-state index contributed by atoms with van der Waals surface area (Å²) >= 11 is 7.67. The third kappa shape index (κ3) is 2.99. The quantitative estimate of drug-likeness (QED) is 0.723. The molecule has 0 atom stereocenters. The molecule has 106 valence electrons. The second-order valence-electron chi connectivity index (χ2n) is 4.59. The molecule has 1 heterocycles. The first-order valence-corrected chi connectivity index (χ1v) is 7.55. The Kier molecular flexibility index (Phi) is 3.77. The Hall–Kier alpha value is -2.11. The molecule has 0 fully saturated rings. The topological polar surface area (TPSA) is 68.0 Å². The van der Waals surface area contributed by atoms with Crippen LogP contribution in [-0.2, 0) is 11.2 Å². The van der Waals surface area contributed by atoms with Crippen molar-refractivity contribution in [3.63, 3.8) is 0 Å². The van der Waals surface area contributed by atoms with Crippen molar-refractivity contribution in [1.82, 2.24) is 4.98 Å². The van der Waals surface area contributed by atoms with Gasteiger partial charge in [-0.1, -0.05) is 23.7 Å². The number of anilines is 2. The predicted molar refractivity (Wildman–Crippen MR) is 87.8 cm³/mol. The first kappa shape index (κ1) is 13.9. The van der Waals surface area contributed by atoms with E-state index >= 15 is 0 Å². The largest absolute Gasteiger partial charge is 0.399 e. The molecular formula is C15H12ClN3OS. The normalized spacial score (nSPS) is 10.7. The molecule has 21 heavy (non-hydrogen) atoms. The second kappa shape index (κ2) is 5.71. The van der Waals surface area contributed by atoms with E-state index in [4.69, 9.17) is 17.3 Å². The molecule has 0 saturated heterocycles. The fraction of sp³-hybridized carbons (Fsp3) is 0.0667. The van der Waals surface area contributed by atoms with E-state index in [2.05, 4.69) is 10.3 Å². The molecule has 0 aliphatic heterocycles. The fourth-order valence-electron chi connectivity index (χ4n) is 2.03. The maximum Gasteiger partial charge on any atom is 0.228 e. The van der Waals surface area contributed by atoms with Crippen LogP contribution in [0.4, 0.5) is 11.4 Å². The minimum Gasteiger partial charge on any atom is -0.399 e. The lowest BCUT2D eigenvalue weighted by Crippen LogP contribution is -2.15.